The van der Waals surface area contributed by atoms with Crippen molar-refractivity contribution in [3.63, 3.8) is 0 Å². The smallest absolute Gasteiger partial charge is 0.308 e. The number of hydrogen-bond acceptors (Lipinski definition) is 5. The molecular formula is C20H23NO4S. The molecular weight excluding hydrogens is 350 g/mol. The van der Waals surface area contributed by atoms with Crippen molar-refractivity contribution in [1.82, 2.24) is 5.32 Å². The number of nitrogens with one attached hydrogen (secondary N) is 1. The number of thioether (sulfide) groups is 1. The Kier molecular flexibility index (Phi) is 7.53. The fourth-order valence-electron chi connectivity index (χ4n) is 2.44. The maximum absolute atomic E-state index is 12.2. The second-order valence-electron chi connectivity index (χ2n) is 5.74. The van der Waals surface area contributed by atoms with Gasteiger partial charge in [0.2, 0.25) is 5.91 Å². The Morgan fingerprint density at radius 2 is 1.73 bits per heavy atom. The summed E-state index contributed by atoms with van der Waals surface area (Å²) in [5.41, 5.74) is 1.75. The van der Waals surface area contributed by atoms with Gasteiger partial charge in [0.15, 0.2) is 0 Å². The highest BCUT2D eigenvalue weighted by atomic mass is 32.2. The summed E-state index contributed by atoms with van der Waals surface area (Å²) in [5, 5.41) is 2.79. The van der Waals surface area contributed by atoms with Crippen LogP contribution in [-0.4, -0.2) is 25.2 Å². The predicted octanol–water partition coefficient (Wildman–Crippen LogP) is 3.73. The summed E-state index contributed by atoms with van der Waals surface area (Å²) in [5.74, 6) is 0.145. The van der Waals surface area contributed by atoms with E-state index >= 15 is 0 Å². The second-order valence-corrected chi connectivity index (χ2v) is 6.62. The molecule has 6 heteroatoms. The van der Waals surface area contributed by atoms with E-state index in [4.69, 9.17) is 9.47 Å². The normalized spacial score (nSPS) is 11.5. The average molecular weight is 373 g/mol. The van der Waals surface area contributed by atoms with Gasteiger partial charge in [-0.25, -0.2) is 0 Å². The largest absolute Gasteiger partial charge is 0.497 e. The van der Waals surface area contributed by atoms with Gasteiger partial charge in [0.1, 0.15) is 12.4 Å². The zero-order valence-electron chi connectivity index (χ0n) is 15.2. The molecule has 1 amide bonds. The lowest BCUT2D eigenvalue weighted by molar-refractivity contribution is -0.145. The first-order valence-corrected chi connectivity index (χ1v) is 9.44. The molecule has 0 saturated carbocycles. The summed E-state index contributed by atoms with van der Waals surface area (Å²) in [7, 11) is 1.59. The van der Waals surface area contributed by atoms with Crippen molar-refractivity contribution >= 4 is 23.6 Å². The first-order valence-electron chi connectivity index (χ1n) is 8.21. The molecule has 0 aliphatic carbocycles. The zero-order valence-corrected chi connectivity index (χ0v) is 16.0. The Labute approximate surface area is 158 Å². The average Bonchev–Trinajstić information content (AvgIpc) is 2.66. The van der Waals surface area contributed by atoms with Crippen LogP contribution in [0.25, 0.3) is 0 Å². The van der Waals surface area contributed by atoms with E-state index in [9.17, 15) is 9.59 Å². The molecule has 2 rings (SSSR count). The summed E-state index contributed by atoms with van der Waals surface area (Å²) >= 11 is 1.66. The maximum Gasteiger partial charge on any atom is 0.308 e. The minimum atomic E-state index is -0.440. The fourth-order valence-corrected chi connectivity index (χ4v) is 2.85. The summed E-state index contributed by atoms with van der Waals surface area (Å²) in [6.07, 6.45) is 2.07. The Morgan fingerprint density at radius 1 is 1.08 bits per heavy atom. The van der Waals surface area contributed by atoms with Gasteiger partial charge >= 0.3 is 5.97 Å². The number of benzene rings is 2. The molecule has 0 unspecified atom stereocenters. The number of methoxy groups -OCH3 is 1. The predicted molar refractivity (Wildman–Crippen MR) is 102 cm³/mol. The minimum absolute atomic E-state index is 0.0643. The van der Waals surface area contributed by atoms with E-state index in [1.54, 1.807) is 31.0 Å². The van der Waals surface area contributed by atoms with Crippen LogP contribution in [0.2, 0.25) is 0 Å². The van der Waals surface area contributed by atoms with Crippen LogP contribution in [0.4, 0.5) is 0 Å². The van der Waals surface area contributed by atoms with Crippen LogP contribution in [0.1, 0.15) is 30.5 Å². The Hall–Kier alpha value is -2.47. The third kappa shape index (κ3) is 6.11. The summed E-state index contributed by atoms with van der Waals surface area (Å²) < 4.78 is 10.5. The Morgan fingerprint density at radius 3 is 2.27 bits per heavy atom. The lowest BCUT2D eigenvalue weighted by atomic mass is 10.0. The number of amides is 1. The van der Waals surface area contributed by atoms with Crippen LogP contribution in [0.3, 0.4) is 0 Å². The molecule has 0 bridgehead atoms. The molecule has 1 atom stereocenters. The van der Waals surface area contributed by atoms with Gasteiger partial charge in [-0.3, -0.25) is 9.59 Å². The van der Waals surface area contributed by atoms with Crippen molar-refractivity contribution in [2.75, 3.05) is 13.4 Å². The quantitative estimate of drug-likeness (QED) is 0.564. The number of carbonyl (C=O) groups excluding carboxylic acids is 2. The van der Waals surface area contributed by atoms with E-state index < -0.39 is 6.04 Å². The maximum atomic E-state index is 12.2. The molecule has 0 radical (unpaired) electrons. The third-order valence-corrected chi connectivity index (χ3v) is 4.57. The number of carbonyl (C=O) groups is 2. The van der Waals surface area contributed by atoms with Crippen molar-refractivity contribution in [3.05, 3.63) is 59.7 Å². The Balaban J connectivity index is 1.97. The van der Waals surface area contributed by atoms with Crippen LogP contribution in [0.5, 0.6) is 5.75 Å². The van der Waals surface area contributed by atoms with Gasteiger partial charge in [0.05, 0.1) is 19.6 Å². The van der Waals surface area contributed by atoms with Crippen molar-refractivity contribution in [2.24, 2.45) is 0 Å². The molecule has 2 aromatic carbocycles. The lowest BCUT2D eigenvalue weighted by Gasteiger charge is -2.18. The third-order valence-electron chi connectivity index (χ3n) is 3.83. The molecule has 0 fully saturated rings. The highest BCUT2D eigenvalue weighted by molar-refractivity contribution is 7.98. The summed E-state index contributed by atoms with van der Waals surface area (Å²) in [6.45, 7) is 1.64. The topological polar surface area (TPSA) is 64.6 Å². The van der Waals surface area contributed by atoms with Crippen LogP contribution in [0.15, 0.2) is 53.4 Å². The highest BCUT2D eigenvalue weighted by Gasteiger charge is 2.18. The molecule has 5 nitrogen and oxygen atoms in total. The summed E-state index contributed by atoms with van der Waals surface area (Å²) in [4.78, 5) is 24.9. The molecule has 0 heterocycles. The van der Waals surface area contributed by atoms with Crippen LogP contribution in [-0.2, 0) is 20.9 Å². The Bertz CT molecular complexity index is 728. The molecule has 2 aromatic rings. The standard InChI is InChI=1S/C20H23NO4S/c1-14(22)21-19(16-6-8-17(24-2)9-7-16)12-20(23)25-13-15-4-10-18(26-3)11-5-15/h4-11,19H,12-13H2,1-3H3,(H,21,22)/t19-/m0/s1. The van der Waals surface area contributed by atoms with Gasteiger partial charge in [-0.15, -0.1) is 11.8 Å². The monoisotopic (exact) mass is 373 g/mol. The molecule has 0 saturated heterocycles. The van der Waals surface area contributed by atoms with Crippen molar-refractivity contribution < 1.29 is 19.1 Å². The molecule has 0 spiro atoms. The van der Waals surface area contributed by atoms with Crippen LogP contribution < -0.4 is 10.1 Å². The molecule has 1 N–H and O–H groups in total. The number of ether oxygens (including phenoxy) is 2. The molecule has 0 aliphatic rings. The molecule has 26 heavy (non-hydrogen) atoms. The van der Waals surface area contributed by atoms with Crippen molar-refractivity contribution in [1.29, 1.82) is 0 Å². The number of rotatable bonds is 8. The molecule has 0 aromatic heterocycles. The van der Waals surface area contributed by atoms with E-state index in [2.05, 4.69) is 5.32 Å². The lowest BCUT2D eigenvalue weighted by Crippen LogP contribution is -2.28. The first-order chi connectivity index (χ1) is 12.5. The van der Waals surface area contributed by atoms with Gasteiger partial charge < -0.3 is 14.8 Å². The molecule has 138 valence electrons. The van der Waals surface area contributed by atoms with Crippen molar-refractivity contribution in [2.45, 2.75) is 30.9 Å². The fraction of sp³-hybridized carbons (Fsp3) is 0.300. The SMILES string of the molecule is COc1ccc([C@H](CC(=O)OCc2ccc(SC)cc2)NC(C)=O)cc1. The van der Waals surface area contributed by atoms with Gasteiger partial charge in [0.25, 0.3) is 0 Å². The highest BCUT2D eigenvalue weighted by Crippen LogP contribution is 2.21. The van der Waals surface area contributed by atoms with E-state index in [1.807, 2.05) is 42.7 Å². The van der Waals surface area contributed by atoms with Gasteiger partial charge in [-0.2, -0.15) is 0 Å². The first kappa shape index (κ1) is 19.8. The van der Waals surface area contributed by atoms with Crippen LogP contribution >= 0.6 is 11.8 Å². The number of hydrogen-bond donors (Lipinski definition) is 1. The number of esters is 1. The van der Waals surface area contributed by atoms with Crippen LogP contribution in [0, 0.1) is 0 Å². The minimum Gasteiger partial charge on any atom is -0.497 e. The second kappa shape index (κ2) is 9.87. The van der Waals surface area contributed by atoms with E-state index in [0.717, 1.165) is 16.0 Å². The van der Waals surface area contributed by atoms with Gasteiger partial charge in [0, 0.05) is 11.8 Å². The van der Waals surface area contributed by atoms with Gasteiger partial charge in [-0.05, 0) is 41.6 Å². The van der Waals surface area contributed by atoms with E-state index in [0.29, 0.717) is 5.75 Å². The van der Waals surface area contributed by atoms with Gasteiger partial charge in [-0.1, -0.05) is 24.3 Å². The van der Waals surface area contributed by atoms with Crippen molar-refractivity contribution in [3.8, 4) is 5.75 Å². The summed E-state index contributed by atoms with van der Waals surface area (Å²) in [6, 6.07) is 14.7. The van der Waals surface area contributed by atoms with E-state index in [1.165, 1.54) is 6.92 Å². The zero-order chi connectivity index (χ0) is 18.9. The van der Waals surface area contributed by atoms with E-state index in [-0.39, 0.29) is 24.9 Å². The molecule has 0 aliphatic heterocycles.